The second-order valence-corrected chi connectivity index (χ2v) is 1.64. The van der Waals surface area contributed by atoms with Gasteiger partial charge >= 0.3 is 0 Å². The van der Waals surface area contributed by atoms with Crippen molar-refractivity contribution in [3.63, 3.8) is 0 Å². The molecule has 0 aliphatic carbocycles. The van der Waals surface area contributed by atoms with E-state index in [4.69, 9.17) is 0 Å². The van der Waals surface area contributed by atoms with Crippen molar-refractivity contribution in [2.45, 2.75) is 0 Å². The van der Waals surface area contributed by atoms with Gasteiger partial charge in [-0.15, -0.1) is 0 Å². The molecule has 0 radical (unpaired) electrons. The van der Waals surface area contributed by atoms with Crippen LogP contribution in [0.1, 0.15) is 5.69 Å². The summed E-state index contributed by atoms with van der Waals surface area (Å²) < 4.78 is 12.5. The number of aromatic amines is 1. The van der Waals surface area contributed by atoms with Crippen molar-refractivity contribution in [1.82, 2.24) is 9.97 Å². The lowest BCUT2D eigenvalue weighted by molar-refractivity contribution is 0.596. The predicted octanol–water partition coefficient (Wildman–Crippen LogP) is 0.552. The van der Waals surface area contributed by atoms with Crippen molar-refractivity contribution in [3.05, 3.63) is 34.8 Å². The molecule has 10 heavy (non-hydrogen) atoms. The van der Waals surface area contributed by atoms with Crippen LogP contribution in [0.3, 0.4) is 0 Å². The van der Waals surface area contributed by atoms with Gasteiger partial charge in [-0.2, -0.15) is 4.39 Å². The molecule has 0 saturated heterocycles. The van der Waals surface area contributed by atoms with E-state index in [0.29, 0.717) is 0 Å². The molecule has 0 fully saturated rings. The summed E-state index contributed by atoms with van der Waals surface area (Å²) in [6.45, 7) is 3.28. The van der Waals surface area contributed by atoms with Crippen LogP contribution in [0.15, 0.2) is 17.7 Å². The third-order valence-electron chi connectivity index (χ3n) is 1.02. The number of aromatic nitrogens is 2. The smallest absolute Gasteiger partial charge is 0.287 e. The van der Waals surface area contributed by atoms with Gasteiger partial charge in [-0.05, 0) is 6.08 Å². The van der Waals surface area contributed by atoms with Gasteiger partial charge in [0.1, 0.15) is 5.69 Å². The second kappa shape index (κ2) is 2.43. The van der Waals surface area contributed by atoms with E-state index in [0.717, 1.165) is 6.33 Å². The molecule has 0 bridgehead atoms. The molecule has 0 aliphatic rings. The van der Waals surface area contributed by atoms with Crippen LogP contribution < -0.4 is 5.56 Å². The first-order valence-electron chi connectivity index (χ1n) is 2.61. The Morgan fingerprint density at radius 2 is 2.50 bits per heavy atom. The standard InChI is InChI=1S/C6H5FN2O/c1-2-4-5(7)6(10)9-3-8-4/h2-3H,1H2,(H,8,9,10). The Morgan fingerprint density at radius 1 is 1.80 bits per heavy atom. The highest BCUT2D eigenvalue weighted by Crippen LogP contribution is 1.95. The number of nitrogens with zero attached hydrogens (tertiary/aromatic N) is 1. The van der Waals surface area contributed by atoms with Crippen LogP contribution in [0.25, 0.3) is 6.08 Å². The zero-order valence-corrected chi connectivity index (χ0v) is 5.10. The van der Waals surface area contributed by atoms with Gasteiger partial charge in [0.05, 0.1) is 6.33 Å². The third kappa shape index (κ3) is 0.953. The summed E-state index contributed by atoms with van der Waals surface area (Å²) in [7, 11) is 0. The summed E-state index contributed by atoms with van der Waals surface area (Å²) in [4.78, 5) is 16.1. The molecular weight excluding hydrogens is 135 g/mol. The van der Waals surface area contributed by atoms with E-state index in [-0.39, 0.29) is 5.69 Å². The van der Waals surface area contributed by atoms with Crippen LogP contribution in [0, 0.1) is 5.82 Å². The third-order valence-corrected chi connectivity index (χ3v) is 1.02. The van der Waals surface area contributed by atoms with Gasteiger partial charge in [0.2, 0.25) is 5.82 Å². The van der Waals surface area contributed by atoms with Crippen molar-refractivity contribution in [3.8, 4) is 0 Å². The topological polar surface area (TPSA) is 45.8 Å². The largest absolute Gasteiger partial charge is 0.311 e. The highest BCUT2D eigenvalue weighted by Gasteiger charge is 2.01. The lowest BCUT2D eigenvalue weighted by Crippen LogP contribution is -2.12. The summed E-state index contributed by atoms with van der Waals surface area (Å²) >= 11 is 0. The molecule has 1 N–H and O–H groups in total. The highest BCUT2D eigenvalue weighted by molar-refractivity contribution is 5.40. The fourth-order valence-electron chi connectivity index (χ4n) is 0.539. The number of hydrogen-bond donors (Lipinski definition) is 1. The minimum Gasteiger partial charge on any atom is -0.311 e. The molecule has 1 aromatic rings. The molecule has 0 unspecified atom stereocenters. The van der Waals surface area contributed by atoms with Gasteiger partial charge in [-0.3, -0.25) is 4.79 Å². The van der Waals surface area contributed by atoms with Gasteiger partial charge < -0.3 is 4.98 Å². The Bertz CT molecular complexity index is 305. The number of H-pyrrole nitrogens is 1. The number of rotatable bonds is 1. The first kappa shape index (κ1) is 6.67. The molecule has 4 heteroatoms. The normalized spacial score (nSPS) is 9.30. The van der Waals surface area contributed by atoms with Gasteiger partial charge in [-0.1, -0.05) is 6.58 Å². The Morgan fingerprint density at radius 3 is 3.00 bits per heavy atom. The molecule has 0 saturated carbocycles. The molecule has 1 aromatic heterocycles. The molecule has 0 aromatic carbocycles. The fourth-order valence-corrected chi connectivity index (χ4v) is 0.539. The maximum Gasteiger partial charge on any atom is 0.287 e. The van der Waals surface area contributed by atoms with Gasteiger partial charge in [0.15, 0.2) is 0 Å². The summed E-state index contributed by atoms with van der Waals surface area (Å²) in [5.41, 5.74) is -0.798. The van der Waals surface area contributed by atoms with E-state index in [1.165, 1.54) is 6.08 Å². The van der Waals surface area contributed by atoms with Gasteiger partial charge in [0.25, 0.3) is 5.56 Å². The van der Waals surface area contributed by atoms with Crippen molar-refractivity contribution < 1.29 is 4.39 Å². The fraction of sp³-hybridized carbons (Fsp3) is 0. The molecule has 0 atom stereocenters. The maximum absolute atomic E-state index is 12.5. The number of nitrogens with one attached hydrogen (secondary N) is 1. The number of hydrogen-bond acceptors (Lipinski definition) is 2. The van der Waals surface area contributed by atoms with E-state index in [9.17, 15) is 9.18 Å². The predicted molar refractivity (Wildman–Crippen MR) is 34.9 cm³/mol. The number of halogens is 1. The van der Waals surface area contributed by atoms with E-state index >= 15 is 0 Å². The van der Waals surface area contributed by atoms with E-state index in [1.54, 1.807) is 0 Å². The van der Waals surface area contributed by atoms with Gasteiger partial charge in [0, 0.05) is 0 Å². The van der Waals surface area contributed by atoms with Crippen LogP contribution in [0.2, 0.25) is 0 Å². The van der Waals surface area contributed by atoms with Crippen LogP contribution in [-0.2, 0) is 0 Å². The maximum atomic E-state index is 12.5. The molecule has 0 spiro atoms. The van der Waals surface area contributed by atoms with E-state index < -0.39 is 11.4 Å². The average molecular weight is 140 g/mol. The first-order chi connectivity index (χ1) is 4.75. The molecule has 3 nitrogen and oxygen atoms in total. The van der Waals surface area contributed by atoms with Crippen LogP contribution in [0.5, 0.6) is 0 Å². The molecule has 0 amide bonds. The minimum absolute atomic E-state index is 0.0243. The zero-order chi connectivity index (χ0) is 7.56. The zero-order valence-electron chi connectivity index (χ0n) is 5.10. The van der Waals surface area contributed by atoms with Crippen molar-refractivity contribution in [2.24, 2.45) is 0 Å². The van der Waals surface area contributed by atoms with Gasteiger partial charge in [-0.25, -0.2) is 4.98 Å². The monoisotopic (exact) mass is 140 g/mol. The molecular formula is C6H5FN2O. The van der Waals surface area contributed by atoms with E-state index in [1.807, 2.05) is 0 Å². The second-order valence-electron chi connectivity index (χ2n) is 1.64. The van der Waals surface area contributed by atoms with Crippen molar-refractivity contribution in [2.75, 3.05) is 0 Å². The molecule has 1 heterocycles. The lowest BCUT2D eigenvalue weighted by Gasteiger charge is -1.90. The Hall–Kier alpha value is -1.45. The molecule has 1 rings (SSSR count). The van der Waals surface area contributed by atoms with E-state index in [2.05, 4.69) is 16.5 Å². The quantitative estimate of drug-likeness (QED) is 0.619. The Kier molecular flexibility index (Phi) is 1.62. The molecule has 52 valence electrons. The van der Waals surface area contributed by atoms with Crippen LogP contribution in [0.4, 0.5) is 4.39 Å². The van der Waals surface area contributed by atoms with Crippen molar-refractivity contribution in [1.29, 1.82) is 0 Å². The summed E-state index contributed by atoms with van der Waals surface area (Å²) in [5, 5.41) is 0. The SMILES string of the molecule is C=Cc1nc[nH]c(=O)c1F. The minimum atomic E-state index is -0.891. The van der Waals surface area contributed by atoms with Crippen molar-refractivity contribution >= 4 is 6.08 Å². The van der Waals surface area contributed by atoms with Crippen LogP contribution >= 0.6 is 0 Å². The summed E-state index contributed by atoms with van der Waals surface area (Å²) in [6, 6.07) is 0. The summed E-state index contributed by atoms with van der Waals surface area (Å²) in [5.74, 6) is -0.891. The van der Waals surface area contributed by atoms with Crippen LogP contribution in [-0.4, -0.2) is 9.97 Å². The summed E-state index contributed by atoms with van der Waals surface area (Å²) in [6.07, 6.45) is 2.31. The molecule has 0 aliphatic heterocycles. The Balaban J connectivity index is 3.41. The Labute approximate surface area is 56.2 Å². The first-order valence-corrected chi connectivity index (χ1v) is 2.61. The lowest BCUT2D eigenvalue weighted by atomic mass is 10.4. The highest BCUT2D eigenvalue weighted by atomic mass is 19.1. The average Bonchev–Trinajstić information content (AvgIpc) is 1.95.